The minimum atomic E-state index is 0.339. The lowest BCUT2D eigenvalue weighted by molar-refractivity contribution is 0.282. The van der Waals surface area contributed by atoms with Crippen molar-refractivity contribution in [3.63, 3.8) is 0 Å². The van der Waals surface area contributed by atoms with Crippen molar-refractivity contribution < 1.29 is 5.11 Å². The first-order chi connectivity index (χ1) is 6.35. The van der Waals surface area contributed by atoms with Gasteiger partial charge in [0.2, 0.25) is 0 Å². The first kappa shape index (κ1) is 12.9. The zero-order valence-electron chi connectivity index (χ0n) is 9.18. The van der Waals surface area contributed by atoms with Crippen LogP contribution in [0.3, 0.4) is 0 Å². The van der Waals surface area contributed by atoms with E-state index in [2.05, 4.69) is 19.2 Å². The Kier molecular flexibility index (Phi) is 9.94. The van der Waals surface area contributed by atoms with Gasteiger partial charge in [0.1, 0.15) is 0 Å². The maximum atomic E-state index is 8.58. The molecule has 1 unspecified atom stereocenters. The highest BCUT2D eigenvalue weighted by atomic mass is 16.2. The van der Waals surface area contributed by atoms with Gasteiger partial charge in [0.25, 0.3) is 0 Å². The molecule has 1 atom stereocenters. The van der Waals surface area contributed by atoms with Gasteiger partial charge < -0.3 is 10.4 Å². The number of aliphatic hydroxyl groups is 1. The molecule has 0 aromatic carbocycles. The van der Waals surface area contributed by atoms with E-state index in [0.717, 1.165) is 19.4 Å². The van der Waals surface area contributed by atoms with E-state index in [0.29, 0.717) is 12.6 Å². The number of aliphatic hydroxyl groups excluding tert-OH is 1. The Hall–Kier alpha value is -0.0800. The number of rotatable bonds is 9. The van der Waals surface area contributed by atoms with Gasteiger partial charge in [-0.05, 0) is 38.6 Å². The van der Waals surface area contributed by atoms with E-state index in [-0.39, 0.29) is 0 Å². The Balaban J connectivity index is 3.17. The highest BCUT2D eigenvalue weighted by Crippen LogP contribution is 2.01. The first-order valence-corrected chi connectivity index (χ1v) is 5.69. The summed E-state index contributed by atoms with van der Waals surface area (Å²) in [7, 11) is 0. The lowest BCUT2D eigenvalue weighted by Gasteiger charge is -2.15. The van der Waals surface area contributed by atoms with E-state index in [1.165, 1.54) is 25.7 Å². The van der Waals surface area contributed by atoms with Crippen LogP contribution in [-0.2, 0) is 0 Å². The van der Waals surface area contributed by atoms with Crippen LogP contribution in [0.25, 0.3) is 0 Å². The summed E-state index contributed by atoms with van der Waals surface area (Å²) in [5, 5.41) is 12.1. The molecule has 0 saturated carbocycles. The van der Waals surface area contributed by atoms with Gasteiger partial charge in [0.05, 0.1) is 0 Å². The summed E-state index contributed by atoms with van der Waals surface area (Å²) >= 11 is 0. The van der Waals surface area contributed by atoms with Gasteiger partial charge in [-0.15, -0.1) is 0 Å². The molecule has 0 aliphatic rings. The van der Waals surface area contributed by atoms with Gasteiger partial charge in [-0.25, -0.2) is 0 Å². The highest BCUT2D eigenvalue weighted by molar-refractivity contribution is 4.63. The summed E-state index contributed by atoms with van der Waals surface area (Å²) in [6.07, 6.45) is 7.07. The Morgan fingerprint density at radius 3 is 2.46 bits per heavy atom. The van der Waals surface area contributed by atoms with E-state index in [1.807, 2.05) is 0 Å². The fourth-order valence-electron chi connectivity index (χ4n) is 1.52. The summed E-state index contributed by atoms with van der Waals surface area (Å²) in [6.45, 7) is 5.92. The second-order valence-electron chi connectivity index (χ2n) is 3.63. The maximum Gasteiger partial charge on any atom is 0.0431 e. The second-order valence-corrected chi connectivity index (χ2v) is 3.63. The molecule has 0 rings (SSSR count). The summed E-state index contributed by atoms with van der Waals surface area (Å²) in [5.74, 6) is 0. The normalized spacial score (nSPS) is 13.2. The van der Waals surface area contributed by atoms with Crippen LogP contribution in [0.1, 0.15) is 52.4 Å². The average molecular weight is 187 g/mol. The molecule has 2 heteroatoms. The molecule has 2 nitrogen and oxygen atoms in total. The van der Waals surface area contributed by atoms with Crippen LogP contribution >= 0.6 is 0 Å². The topological polar surface area (TPSA) is 32.3 Å². The molecule has 0 saturated heterocycles. The SMILES string of the molecule is CCCC(CC)NCCCCCO. The molecular formula is C11H25NO. The first-order valence-electron chi connectivity index (χ1n) is 5.69. The monoisotopic (exact) mass is 187 g/mol. The number of hydrogen-bond donors (Lipinski definition) is 2. The van der Waals surface area contributed by atoms with Crippen molar-refractivity contribution in [1.29, 1.82) is 0 Å². The molecule has 0 fully saturated rings. The van der Waals surface area contributed by atoms with Gasteiger partial charge in [0.15, 0.2) is 0 Å². The van der Waals surface area contributed by atoms with Gasteiger partial charge in [-0.1, -0.05) is 20.3 Å². The van der Waals surface area contributed by atoms with E-state index in [1.54, 1.807) is 0 Å². The second kappa shape index (κ2) is 10.0. The fraction of sp³-hybridized carbons (Fsp3) is 1.00. The Labute approximate surface area is 82.7 Å². The maximum absolute atomic E-state index is 8.58. The van der Waals surface area contributed by atoms with Crippen LogP contribution in [-0.4, -0.2) is 24.3 Å². The predicted molar refractivity (Wildman–Crippen MR) is 57.9 cm³/mol. The van der Waals surface area contributed by atoms with Crippen LogP contribution in [0, 0.1) is 0 Å². The Morgan fingerprint density at radius 1 is 1.15 bits per heavy atom. The van der Waals surface area contributed by atoms with Gasteiger partial charge >= 0.3 is 0 Å². The summed E-state index contributed by atoms with van der Waals surface area (Å²) < 4.78 is 0. The molecule has 0 radical (unpaired) electrons. The Bertz CT molecular complexity index is 96.1. The molecule has 0 aliphatic carbocycles. The Morgan fingerprint density at radius 2 is 1.92 bits per heavy atom. The molecule has 2 N–H and O–H groups in total. The number of unbranched alkanes of at least 4 members (excludes halogenated alkanes) is 2. The van der Waals surface area contributed by atoms with Crippen molar-refractivity contribution in [3.8, 4) is 0 Å². The molecule has 13 heavy (non-hydrogen) atoms. The molecule has 80 valence electrons. The minimum absolute atomic E-state index is 0.339. The average Bonchev–Trinajstić information content (AvgIpc) is 2.16. The third-order valence-corrected chi connectivity index (χ3v) is 2.40. The standard InChI is InChI=1S/C11H25NO/c1-3-8-11(4-2)12-9-6-5-7-10-13/h11-13H,3-10H2,1-2H3. The summed E-state index contributed by atoms with van der Waals surface area (Å²) in [5.41, 5.74) is 0. The predicted octanol–water partition coefficient (Wildman–Crippen LogP) is 2.32. The van der Waals surface area contributed by atoms with Crippen LogP contribution < -0.4 is 5.32 Å². The van der Waals surface area contributed by atoms with Crippen molar-refractivity contribution in [2.24, 2.45) is 0 Å². The van der Waals surface area contributed by atoms with Crippen molar-refractivity contribution in [2.75, 3.05) is 13.2 Å². The van der Waals surface area contributed by atoms with Gasteiger partial charge in [-0.2, -0.15) is 0 Å². The minimum Gasteiger partial charge on any atom is -0.396 e. The van der Waals surface area contributed by atoms with E-state index in [9.17, 15) is 0 Å². The van der Waals surface area contributed by atoms with Gasteiger partial charge in [-0.3, -0.25) is 0 Å². The summed E-state index contributed by atoms with van der Waals surface area (Å²) in [6, 6.07) is 0.708. The van der Waals surface area contributed by atoms with Crippen molar-refractivity contribution in [3.05, 3.63) is 0 Å². The van der Waals surface area contributed by atoms with Crippen LogP contribution in [0.4, 0.5) is 0 Å². The summed E-state index contributed by atoms with van der Waals surface area (Å²) in [4.78, 5) is 0. The van der Waals surface area contributed by atoms with Crippen LogP contribution in [0.5, 0.6) is 0 Å². The quantitative estimate of drug-likeness (QED) is 0.543. The van der Waals surface area contributed by atoms with E-state index in [4.69, 9.17) is 5.11 Å². The molecule has 0 aliphatic heterocycles. The lowest BCUT2D eigenvalue weighted by atomic mass is 10.1. The molecule has 0 aromatic rings. The third-order valence-electron chi connectivity index (χ3n) is 2.40. The molecule has 0 spiro atoms. The van der Waals surface area contributed by atoms with Crippen LogP contribution in [0.2, 0.25) is 0 Å². The smallest absolute Gasteiger partial charge is 0.0431 e. The molecule has 0 aromatic heterocycles. The van der Waals surface area contributed by atoms with E-state index >= 15 is 0 Å². The molecule has 0 heterocycles. The number of nitrogens with one attached hydrogen (secondary N) is 1. The van der Waals surface area contributed by atoms with Crippen molar-refractivity contribution in [1.82, 2.24) is 5.32 Å². The van der Waals surface area contributed by atoms with E-state index < -0.39 is 0 Å². The van der Waals surface area contributed by atoms with Gasteiger partial charge in [0, 0.05) is 12.6 Å². The van der Waals surface area contributed by atoms with Crippen molar-refractivity contribution in [2.45, 2.75) is 58.4 Å². The number of hydrogen-bond acceptors (Lipinski definition) is 2. The lowest BCUT2D eigenvalue weighted by Crippen LogP contribution is -2.29. The zero-order chi connectivity index (χ0) is 9.94. The largest absolute Gasteiger partial charge is 0.396 e. The fourth-order valence-corrected chi connectivity index (χ4v) is 1.52. The molecule has 0 bridgehead atoms. The van der Waals surface area contributed by atoms with Crippen molar-refractivity contribution >= 4 is 0 Å². The zero-order valence-corrected chi connectivity index (χ0v) is 9.18. The van der Waals surface area contributed by atoms with Crippen LogP contribution in [0.15, 0.2) is 0 Å². The molecular weight excluding hydrogens is 162 g/mol. The highest BCUT2D eigenvalue weighted by Gasteiger charge is 2.02. The third kappa shape index (κ3) is 8.26. The molecule has 0 amide bonds.